The molecule has 22 heavy (non-hydrogen) atoms. The van der Waals surface area contributed by atoms with Gasteiger partial charge in [-0.25, -0.2) is 13.1 Å². The number of benzene rings is 1. The summed E-state index contributed by atoms with van der Waals surface area (Å²) in [5.74, 6) is 0. The zero-order chi connectivity index (χ0) is 16.5. The van der Waals surface area contributed by atoms with Gasteiger partial charge in [-0.3, -0.25) is 0 Å². The smallest absolute Gasteiger partial charge is 0.241 e. The second-order valence-corrected chi connectivity index (χ2v) is 8.07. The summed E-state index contributed by atoms with van der Waals surface area (Å²) in [5, 5.41) is 0. The van der Waals surface area contributed by atoms with E-state index in [1.54, 1.807) is 0 Å². The first-order chi connectivity index (χ1) is 10.3. The highest BCUT2D eigenvalue weighted by atomic mass is 32.2. The van der Waals surface area contributed by atoms with Gasteiger partial charge in [-0.1, -0.05) is 13.0 Å². The second-order valence-electron chi connectivity index (χ2n) is 6.42. The molecule has 2 rings (SSSR count). The van der Waals surface area contributed by atoms with E-state index in [4.69, 9.17) is 0 Å². The average Bonchev–Trinajstić information content (AvgIpc) is 2.45. The lowest BCUT2D eigenvalue weighted by molar-refractivity contribution is 0.217. The maximum Gasteiger partial charge on any atom is 0.241 e. The molecule has 1 N–H and O–H groups in total. The fourth-order valence-electron chi connectivity index (χ4n) is 3.23. The summed E-state index contributed by atoms with van der Waals surface area (Å²) < 4.78 is 28.7. The van der Waals surface area contributed by atoms with Crippen molar-refractivity contribution in [2.24, 2.45) is 0 Å². The first-order valence-electron chi connectivity index (χ1n) is 8.08. The highest BCUT2D eigenvalue weighted by molar-refractivity contribution is 7.89. The molecule has 1 fully saturated rings. The Morgan fingerprint density at radius 2 is 1.59 bits per heavy atom. The van der Waals surface area contributed by atoms with E-state index < -0.39 is 10.0 Å². The summed E-state index contributed by atoms with van der Waals surface area (Å²) in [7, 11) is -3.46. The molecule has 0 amide bonds. The third-order valence-corrected chi connectivity index (χ3v) is 6.72. The maximum atomic E-state index is 12.9. The molecule has 1 heterocycles. The summed E-state index contributed by atoms with van der Waals surface area (Å²) >= 11 is 0. The number of likely N-dealkylation sites (tertiary alicyclic amines) is 1. The van der Waals surface area contributed by atoms with Crippen molar-refractivity contribution in [3.05, 3.63) is 28.3 Å². The first-order valence-corrected chi connectivity index (χ1v) is 9.56. The SMILES string of the molecule is CCN1CCC(NS(=O)(=O)c2c(C)c(C)cc(C)c2C)CC1. The van der Waals surface area contributed by atoms with Gasteiger partial charge in [0.1, 0.15) is 0 Å². The fraction of sp³-hybridized carbons (Fsp3) is 0.647. The Hall–Kier alpha value is -0.910. The van der Waals surface area contributed by atoms with Gasteiger partial charge in [-0.05, 0) is 82.4 Å². The van der Waals surface area contributed by atoms with Crippen LogP contribution in [-0.4, -0.2) is 39.0 Å². The minimum atomic E-state index is -3.46. The number of hydrogen-bond donors (Lipinski definition) is 1. The Labute approximate surface area is 135 Å². The number of aryl methyl sites for hydroxylation is 2. The summed E-state index contributed by atoms with van der Waals surface area (Å²) in [5.41, 5.74) is 3.79. The van der Waals surface area contributed by atoms with Crippen LogP contribution in [0.5, 0.6) is 0 Å². The molecular weight excluding hydrogens is 296 g/mol. The molecule has 0 aromatic heterocycles. The standard InChI is InChI=1S/C17H28N2O2S/c1-6-19-9-7-16(8-10-19)18-22(20,21)17-14(4)12(2)11-13(3)15(17)5/h11,16,18H,6-10H2,1-5H3. The molecule has 0 radical (unpaired) electrons. The van der Waals surface area contributed by atoms with Gasteiger partial charge in [-0.15, -0.1) is 0 Å². The fourth-order valence-corrected chi connectivity index (χ4v) is 5.15. The largest absolute Gasteiger partial charge is 0.303 e. The normalized spacial score (nSPS) is 17.9. The van der Waals surface area contributed by atoms with Crippen molar-refractivity contribution < 1.29 is 8.42 Å². The van der Waals surface area contributed by atoms with Gasteiger partial charge < -0.3 is 4.90 Å². The zero-order valence-electron chi connectivity index (χ0n) is 14.4. The molecular formula is C17H28N2O2S. The number of sulfonamides is 1. The lowest BCUT2D eigenvalue weighted by Crippen LogP contribution is -2.44. The van der Waals surface area contributed by atoms with E-state index in [1.165, 1.54) is 0 Å². The molecule has 0 bridgehead atoms. The summed E-state index contributed by atoms with van der Waals surface area (Å²) in [4.78, 5) is 2.83. The van der Waals surface area contributed by atoms with Crippen molar-refractivity contribution in [1.82, 2.24) is 9.62 Å². The van der Waals surface area contributed by atoms with Crippen LogP contribution in [0.2, 0.25) is 0 Å². The zero-order valence-corrected chi connectivity index (χ0v) is 15.2. The van der Waals surface area contributed by atoms with Gasteiger partial charge in [0, 0.05) is 6.04 Å². The van der Waals surface area contributed by atoms with Crippen LogP contribution in [0.3, 0.4) is 0 Å². The highest BCUT2D eigenvalue weighted by Gasteiger charge is 2.27. The summed E-state index contributed by atoms with van der Waals surface area (Å²) in [6.07, 6.45) is 1.77. The molecule has 0 aliphatic carbocycles. The van der Waals surface area contributed by atoms with Crippen LogP contribution in [0.1, 0.15) is 42.0 Å². The predicted octanol–water partition coefficient (Wildman–Crippen LogP) is 2.68. The van der Waals surface area contributed by atoms with Crippen LogP contribution in [0.25, 0.3) is 0 Å². The quantitative estimate of drug-likeness (QED) is 0.926. The Kier molecular flexibility index (Phi) is 5.30. The average molecular weight is 324 g/mol. The molecule has 1 saturated heterocycles. The molecule has 1 aromatic rings. The van der Waals surface area contributed by atoms with Gasteiger partial charge in [0.15, 0.2) is 0 Å². The number of nitrogens with zero attached hydrogens (tertiary/aromatic N) is 1. The molecule has 5 heteroatoms. The molecule has 1 aromatic carbocycles. The van der Waals surface area contributed by atoms with E-state index in [-0.39, 0.29) is 6.04 Å². The van der Waals surface area contributed by atoms with E-state index in [9.17, 15) is 8.42 Å². The van der Waals surface area contributed by atoms with Gasteiger partial charge in [0.25, 0.3) is 0 Å². The van der Waals surface area contributed by atoms with Crippen molar-refractivity contribution in [3.63, 3.8) is 0 Å². The third-order valence-electron chi connectivity index (χ3n) is 4.92. The predicted molar refractivity (Wildman–Crippen MR) is 90.8 cm³/mol. The van der Waals surface area contributed by atoms with Crippen LogP contribution in [0.4, 0.5) is 0 Å². The molecule has 0 saturated carbocycles. The molecule has 0 unspecified atom stereocenters. The maximum absolute atomic E-state index is 12.9. The Morgan fingerprint density at radius 1 is 1.09 bits per heavy atom. The summed E-state index contributed by atoms with van der Waals surface area (Å²) in [6, 6.07) is 2.11. The van der Waals surface area contributed by atoms with Crippen LogP contribution >= 0.6 is 0 Å². The molecule has 0 spiro atoms. The molecule has 1 aliphatic heterocycles. The minimum Gasteiger partial charge on any atom is -0.303 e. The number of piperidine rings is 1. The van der Waals surface area contributed by atoms with Crippen LogP contribution in [0, 0.1) is 27.7 Å². The van der Waals surface area contributed by atoms with Gasteiger partial charge in [0.05, 0.1) is 4.90 Å². The van der Waals surface area contributed by atoms with Crippen molar-refractivity contribution in [2.75, 3.05) is 19.6 Å². The number of rotatable bonds is 4. The Bertz CT molecular complexity index is 619. The van der Waals surface area contributed by atoms with Crippen molar-refractivity contribution in [3.8, 4) is 0 Å². The minimum absolute atomic E-state index is 0.0485. The van der Waals surface area contributed by atoms with Crippen LogP contribution in [0.15, 0.2) is 11.0 Å². The van der Waals surface area contributed by atoms with Gasteiger partial charge in [0.2, 0.25) is 10.0 Å². The molecule has 4 nitrogen and oxygen atoms in total. The van der Waals surface area contributed by atoms with E-state index in [1.807, 2.05) is 27.7 Å². The van der Waals surface area contributed by atoms with Crippen molar-refractivity contribution in [2.45, 2.75) is 58.4 Å². The summed E-state index contributed by atoms with van der Waals surface area (Å²) in [6.45, 7) is 12.9. The lowest BCUT2D eigenvalue weighted by atomic mass is 10.0. The second kappa shape index (κ2) is 6.69. The highest BCUT2D eigenvalue weighted by Crippen LogP contribution is 2.26. The van der Waals surface area contributed by atoms with Crippen molar-refractivity contribution in [1.29, 1.82) is 0 Å². The first kappa shape index (κ1) is 17.4. The van der Waals surface area contributed by atoms with Gasteiger partial charge >= 0.3 is 0 Å². The Balaban J connectivity index is 2.25. The number of hydrogen-bond acceptors (Lipinski definition) is 3. The van der Waals surface area contributed by atoms with E-state index in [0.29, 0.717) is 4.90 Å². The number of nitrogens with one attached hydrogen (secondary N) is 1. The van der Waals surface area contributed by atoms with Crippen LogP contribution < -0.4 is 4.72 Å². The van der Waals surface area contributed by atoms with Crippen LogP contribution in [-0.2, 0) is 10.0 Å². The van der Waals surface area contributed by atoms with E-state index >= 15 is 0 Å². The molecule has 124 valence electrons. The van der Waals surface area contributed by atoms with E-state index in [2.05, 4.69) is 22.6 Å². The lowest BCUT2D eigenvalue weighted by Gasteiger charge is -2.31. The Morgan fingerprint density at radius 3 is 2.05 bits per heavy atom. The van der Waals surface area contributed by atoms with Gasteiger partial charge in [-0.2, -0.15) is 0 Å². The third kappa shape index (κ3) is 3.53. The molecule has 1 aliphatic rings. The van der Waals surface area contributed by atoms with Crippen molar-refractivity contribution >= 4 is 10.0 Å². The van der Waals surface area contributed by atoms with E-state index in [0.717, 1.165) is 54.7 Å². The topological polar surface area (TPSA) is 49.4 Å². The molecule has 0 atom stereocenters. The monoisotopic (exact) mass is 324 g/mol.